The van der Waals surface area contributed by atoms with Crippen LogP contribution in [0.5, 0.6) is 0 Å². The van der Waals surface area contributed by atoms with E-state index < -0.39 is 12.4 Å². The number of ether oxygens (including phenoxy) is 2. The molecule has 0 unspecified atom stereocenters. The number of carbonyl (C=O) groups is 2. The molecule has 4 aromatic rings. The molecule has 1 aliphatic rings. The molecule has 4 aromatic carbocycles. The molecule has 1 saturated heterocycles. The van der Waals surface area contributed by atoms with E-state index in [4.69, 9.17) is 15.2 Å². The maximum absolute atomic E-state index is 12.9. The van der Waals surface area contributed by atoms with E-state index in [0.29, 0.717) is 42.9 Å². The molecule has 6 N–H and O–H groups in total. The minimum absolute atomic E-state index is 0.0325. The summed E-state index contributed by atoms with van der Waals surface area (Å²) >= 11 is 0. The zero-order chi connectivity index (χ0) is 36.9. The van der Waals surface area contributed by atoms with Crippen LogP contribution in [-0.2, 0) is 25.7 Å². The molecule has 0 spiro atoms. The first-order valence-corrected chi connectivity index (χ1v) is 18.2. The number of nitrogen functional groups attached to an aromatic ring is 1. The van der Waals surface area contributed by atoms with Crippen molar-refractivity contribution in [3.8, 4) is 0 Å². The molecule has 5 rings (SSSR count). The molecule has 1 heterocycles. The molecule has 0 radical (unpaired) electrons. The van der Waals surface area contributed by atoms with E-state index in [9.17, 15) is 19.8 Å². The molecular formula is C42H52N4O6. The number of nitrogens with two attached hydrogens (primary N) is 1. The van der Waals surface area contributed by atoms with Gasteiger partial charge in [-0.25, -0.2) is 0 Å². The number of nitrogens with zero attached hydrogens (tertiary/aromatic N) is 1. The van der Waals surface area contributed by atoms with Gasteiger partial charge in [-0.2, -0.15) is 0 Å². The van der Waals surface area contributed by atoms with Crippen LogP contribution >= 0.6 is 0 Å². The lowest BCUT2D eigenvalue weighted by Gasteiger charge is -2.39. The number of para-hydroxylation sites is 2. The molecule has 0 aliphatic carbocycles. The lowest BCUT2D eigenvalue weighted by atomic mass is 9.98. The van der Waals surface area contributed by atoms with Crippen LogP contribution in [0.1, 0.15) is 92.6 Å². The molecule has 276 valence electrons. The highest BCUT2D eigenvalue weighted by Gasteiger charge is 2.34. The minimum atomic E-state index is -0.684. The molecule has 0 saturated carbocycles. The van der Waals surface area contributed by atoms with Crippen LogP contribution < -0.4 is 16.4 Å². The van der Waals surface area contributed by atoms with Gasteiger partial charge in [0.2, 0.25) is 11.8 Å². The van der Waals surface area contributed by atoms with Gasteiger partial charge in [-0.1, -0.05) is 91.7 Å². The van der Waals surface area contributed by atoms with E-state index in [1.54, 1.807) is 12.1 Å². The second kappa shape index (κ2) is 19.3. The normalized spacial score (nSPS) is 18.4. The molecular weight excluding hydrogens is 656 g/mol. The Hall–Kier alpha value is -4.58. The zero-order valence-corrected chi connectivity index (χ0v) is 30.1. The van der Waals surface area contributed by atoms with Crippen molar-refractivity contribution >= 4 is 28.9 Å². The highest BCUT2D eigenvalue weighted by atomic mass is 16.7. The van der Waals surface area contributed by atoms with Gasteiger partial charge in [0, 0.05) is 43.1 Å². The number of nitrogens with one attached hydrogen (secondary N) is 2. The highest BCUT2D eigenvalue weighted by molar-refractivity contribution is 5.93. The number of benzene rings is 4. The van der Waals surface area contributed by atoms with Crippen molar-refractivity contribution in [2.24, 2.45) is 0 Å². The van der Waals surface area contributed by atoms with Crippen LogP contribution in [0.25, 0.3) is 0 Å². The average Bonchev–Trinajstić information content (AvgIpc) is 3.16. The van der Waals surface area contributed by atoms with Gasteiger partial charge in [0.05, 0.1) is 36.3 Å². The maximum Gasteiger partial charge on any atom is 0.224 e. The number of carbonyl (C=O) groups excluding carboxylic acids is 2. The number of anilines is 3. The van der Waals surface area contributed by atoms with E-state index in [0.717, 1.165) is 47.9 Å². The summed E-state index contributed by atoms with van der Waals surface area (Å²) in [5.74, 6) is -0.144. The largest absolute Gasteiger partial charge is 0.397 e. The van der Waals surface area contributed by atoms with E-state index in [1.165, 1.54) is 0 Å². The predicted octanol–water partition coefficient (Wildman–Crippen LogP) is 7.28. The third-order valence-electron chi connectivity index (χ3n) is 9.63. The van der Waals surface area contributed by atoms with Gasteiger partial charge in [0.1, 0.15) is 0 Å². The molecule has 2 amide bonds. The zero-order valence-electron chi connectivity index (χ0n) is 30.1. The van der Waals surface area contributed by atoms with Gasteiger partial charge in [-0.05, 0) is 67.8 Å². The summed E-state index contributed by atoms with van der Waals surface area (Å²) in [6, 6.07) is 32.0. The number of rotatable bonds is 17. The third-order valence-corrected chi connectivity index (χ3v) is 9.63. The standard InChI is InChI=1S/C42H52N4O6/c1-29(41(50)32-13-6-5-7-14-32)46(2)27-35-26-38(31-23-21-30(28-47)22-24-31)52-42(51-35)33-15-12-16-34(25-33)44-39(48)19-8-3-4-9-20-40(49)45-37-18-11-10-17-36(37)43/h5-7,10-18,21-25,29,35,38,41-42,47,50H,3-4,8-9,19-20,26-28,43H2,1-2H3,(H,44,48)(H,45,49)/t29-,35-,38+,41-,42+/m0/s1. The van der Waals surface area contributed by atoms with Crippen LogP contribution in [0.2, 0.25) is 0 Å². The first-order valence-electron chi connectivity index (χ1n) is 18.2. The van der Waals surface area contributed by atoms with E-state index >= 15 is 0 Å². The summed E-state index contributed by atoms with van der Waals surface area (Å²) in [7, 11) is 1.99. The van der Waals surface area contributed by atoms with Gasteiger partial charge < -0.3 is 36.1 Å². The summed E-state index contributed by atoms with van der Waals surface area (Å²) in [4.78, 5) is 27.2. The van der Waals surface area contributed by atoms with Gasteiger partial charge >= 0.3 is 0 Å². The highest BCUT2D eigenvalue weighted by Crippen LogP contribution is 2.39. The Bertz CT molecular complexity index is 1720. The molecule has 5 atom stereocenters. The fourth-order valence-corrected chi connectivity index (χ4v) is 6.42. The Morgan fingerprint density at radius 2 is 1.50 bits per heavy atom. The first-order chi connectivity index (χ1) is 25.2. The van der Waals surface area contributed by atoms with Gasteiger partial charge in [0.15, 0.2) is 6.29 Å². The van der Waals surface area contributed by atoms with Crippen LogP contribution in [0.4, 0.5) is 17.1 Å². The molecule has 0 bridgehead atoms. The lowest BCUT2D eigenvalue weighted by Crippen LogP contribution is -2.43. The van der Waals surface area contributed by atoms with E-state index in [-0.39, 0.29) is 36.7 Å². The molecule has 10 nitrogen and oxygen atoms in total. The first kappa shape index (κ1) is 38.6. The van der Waals surface area contributed by atoms with E-state index in [2.05, 4.69) is 15.5 Å². The molecule has 52 heavy (non-hydrogen) atoms. The maximum atomic E-state index is 12.9. The number of aliphatic hydroxyl groups excluding tert-OH is 2. The second-order valence-electron chi connectivity index (χ2n) is 13.6. The minimum Gasteiger partial charge on any atom is -0.397 e. The number of aliphatic hydroxyl groups is 2. The van der Waals surface area contributed by atoms with Crippen LogP contribution in [0, 0.1) is 0 Å². The van der Waals surface area contributed by atoms with Crippen molar-refractivity contribution in [1.29, 1.82) is 0 Å². The number of likely N-dealkylation sites (N-methyl/N-ethyl adjacent to an activating group) is 1. The van der Waals surface area contributed by atoms with E-state index in [1.807, 2.05) is 105 Å². The molecule has 0 aromatic heterocycles. The summed E-state index contributed by atoms with van der Waals surface area (Å²) in [6.45, 7) is 2.54. The smallest absolute Gasteiger partial charge is 0.224 e. The summed E-state index contributed by atoms with van der Waals surface area (Å²) < 4.78 is 13.1. The molecule has 10 heteroatoms. The quantitative estimate of drug-likeness (QED) is 0.0569. The Balaban J connectivity index is 1.15. The van der Waals surface area contributed by atoms with Crippen molar-refractivity contribution in [1.82, 2.24) is 4.90 Å². The van der Waals surface area contributed by atoms with Crippen molar-refractivity contribution in [3.05, 3.63) is 125 Å². The molecule has 1 fully saturated rings. The van der Waals surface area contributed by atoms with Crippen molar-refractivity contribution < 1.29 is 29.3 Å². The van der Waals surface area contributed by atoms with Gasteiger partial charge in [0.25, 0.3) is 0 Å². The van der Waals surface area contributed by atoms with Crippen LogP contribution in [-0.4, -0.2) is 52.7 Å². The molecule has 1 aliphatic heterocycles. The Morgan fingerprint density at radius 1 is 0.827 bits per heavy atom. The fraction of sp³-hybridized carbons (Fsp3) is 0.381. The summed E-state index contributed by atoms with van der Waals surface area (Å²) in [5, 5.41) is 26.5. The lowest BCUT2D eigenvalue weighted by molar-refractivity contribution is -0.253. The second-order valence-corrected chi connectivity index (χ2v) is 13.6. The number of hydrogen-bond donors (Lipinski definition) is 5. The Morgan fingerprint density at radius 3 is 2.19 bits per heavy atom. The Labute approximate surface area is 307 Å². The summed E-state index contributed by atoms with van der Waals surface area (Å²) in [6.07, 6.45) is 2.72. The fourth-order valence-electron chi connectivity index (χ4n) is 6.42. The van der Waals surface area contributed by atoms with Crippen LogP contribution in [0.3, 0.4) is 0 Å². The predicted molar refractivity (Wildman–Crippen MR) is 204 cm³/mol. The third kappa shape index (κ3) is 11.2. The Kier molecular flexibility index (Phi) is 14.4. The van der Waals surface area contributed by atoms with Gasteiger partial charge in [-0.15, -0.1) is 0 Å². The van der Waals surface area contributed by atoms with Crippen LogP contribution in [0.15, 0.2) is 103 Å². The SMILES string of the molecule is C[C@@H]([C@H](O)c1ccccc1)N(C)C[C@@H]1C[C@H](c2ccc(CO)cc2)O[C@H](c2cccc(NC(=O)CCCCCCC(=O)Nc3ccccc3N)c2)O1. The van der Waals surface area contributed by atoms with Crippen molar-refractivity contribution in [2.45, 2.75) is 89.1 Å². The monoisotopic (exact) mass is 708 g/mol. The number of amides is 2. The summed E-state index contributed by atoms with van der Waals surface area (Å²) in [5.41, 5.74) is 11.2. The van der Waals surface area contributed by atoms with Crippen molar-refractivity contribution in [3.63, 3.8) is 0 Å². The van der Waals surface area contributed by atoms with Crippen molar-refractivity contribution in [2.75, 3.05) is 30.0 Å². The van der Waals surface area contributed by atoms with Gasteiger partial charge in [-0.3, -0.25) is 14.5 Å². The number of hydrogen-bond acceptors (Lipinski definition) is 8. The number of unbranched alkanes of at least 4 members (excludes halogenated alkanes) is 3. The average molecular weight is 709 g/mol. The topological polar surface area (TPSA) is 146 Å².